The molecule has 4 aromatic rings. The van der Waals surface area contributed by atoms with Gasteiger partial charge in [-0.15, -0.1) is 11.3 Å². The van der Waals surface area contributed by atoms with Crippen molar-refractivity contribution in [1.29, 1.82) is 5.26 Å². The molecule has 4 amide bonds. The van der Waals surface area contributed by atoms with Crippen molar-refractivity contribution in [1.82, 2.24) is 20.5 Å². The highest BCUT2D eigenvalue weighted by Gasteiger charge is 2.51. The number of hydrogen-bond donors (Lipinski definition) is 3. The first-order valence-electron chi connectivity index (χ1n) is 23.3. The third-order valence-electron chi connectivity index (χ3n) is 12.2. The number of ether oxygens (including phenoxy) is 3. The number of unbranched alkanes of at least 4 members (excludes halogenated alkanes) is 2. The third-order valence-corrected chi connectivity index (χ3v) is 13.5. The maximum atomic E-state index is 13.9. The van der Waals surface area contributed by atoms with E-state index in [1.54, 1.807) is 65.9 Å². The molecule has 0 bridgehead atoms. The molecule has 2 aliphatic heterocycles. The number of aromatic nitrogens is 1. The zero-order chi connectivity index (χ0) is 51.7. The smallest absolute Gasteiger partial charge is 0.417 e. The fourth-order valence-electron chi connectivity index (χ4n) is 8.34. The average molecular weight is 1020 g/mol. The van der Waals surface area contributed by atoms with Crippen molar-refractivity contribution in [2.45, 2.75) is 110 Å². The minimum absolute atomic E-state index is 0.00407. The van der Waals surface area contributed by atoms with Crippen LogP contribution in [-0.2, 0) is 41.4 Å². The first kappa shape index (κ1) is 54.4. The van der Waals surface area contributed by atoms with E-state index in [0.717, 1.165) is 51.6 Å². The highest BCUT2D eigenvalue weighted by atomic mass is 32.1. The molecule has 2 aliphatic rings. The molecule has 6 rings (SSSR count). The number of nitrogens with zero attached hydrogens (tertiary/aromatic N) is 5. The normalized spacial score (nSPS) is 17.3. The highest BCUT2D eigenvalue weighted by Crippen LogP contribution is 2.40. The number of hydrogen-bond acceptors (Lipinski definition) is 12. The number of amides is 4. The molecule has 2 fully saturated rings. The molecule has 0 saturated carbocycles. The number of carbonyl (C=O) groups excluding carboxylic acids is 4. The quantitative estimate of drug-likeness (QED) is 0.0546. The van der Waals surface area contributed by atoms with Crippen LogP contribution in [0.1, 0.15) is 89.1 Å². The molecule has 0 spiro atoms. The van der Waals surface area contributed by atoms with Gasteiger partial charge < -0.3 is 39.8 Å². The molecule has 3 atom stereocenters. The van der Waals surface area contributed by atoms with Crippen molar-refractivity contribution in [3.63, 3.8) is 0 Å². The summed E-state index contributed by atoms with van der Waals surface area (Å²) >= 11 is 7.18. The van der Waals surface area contributed by atoms with Crippen LogP contribution in [0.5, 0.6) is 5.75 Å². The van der Waals surface area contributed by atoms with Crippen LogP contribution in [-0.4, -0.2) is 107 Å². The Kier molecular flexibility index (Phi) is 18.0. The summed E-state index contributed by atoms with van der Waals surface area (Å²) in [7, 11) is 0. The molecule has 71 heavy (non-hydrogen) atoms. The third kappa shape index (κ3) is 13.5. The van der Waals surface area contributed by atoms with Gasteiger partial charge in [-0.1, -0.05) is 45.0 Å². The van der Waals surface area contributed by atoms with Gasteiger partial charge in [0.1, 0.15) is 30.0 Å². The molecule has 1 unspecified atom stereocenters. The standard InChI is InChI=1S/C51H60F3N7O8S2/c1-32-43(71-31-57-32)34-13-11-33(12-14-34)28-56-45(64)41-26-38(62)29-59(41)46(65)44(49(2,3)4)58-42(63)30-68-22-9-7-8-21-67-23-10-24-69-39-19-17-36(18-20-39)61-48(70)60(47(66)50(61,5)6)37-16-15-35(27-55)40(25-37)51(52,53)54/h11-20,25,31,38,41,44,62H,7-10,21-24,26,28-30H2,1-6H3,(H,56,64)(H,58,63)/t38-,41+,44?/m1/s1. The van der Waals surface area contributed by atoms with Crippen LogP contribution in [0.4, 0.5) is 24.5 Å². The topological polar surface area (TPSA) is 187 Å². The van der Waals surface area contributed by atoms with Gasteiger partial charge in [0.05, 0.1) is 51.7 Å². The van der Waals surface area contributed by atoms with E-state index >= 15 is 0 Å². The number of halogens is 3. The van der Waals surface area contributed by atoms with E-state index in [0.29, 0.717) is 50.7 Å². The zero-order valence-electron chi connectivity index (χ0n) is 40.6. The van der Waals surface area contributed by atoms with Crippen molar-refractivity contribution < 1.29 is 51.7 Å². The predicted octanol–water partition coefficient (Wildman–Crippen LogP) is 7.71. The Morgan fingerprint density at radius 2 is 1.62 bits per heavy atom. The summed E-state index contributed by atoms with van der Waals surface area (Å²) in [4.78, 5) is 63.3. The lowest BCUT2D eigenvalue weighted by Gasteiger charge is -2.35. The highest BCUT2D eigenvalue weighted by molar-refractivity contribution is 7.81. The van der Waals surface area contributed by atoms with Crippen molar-refractivity contribution in [3.8, 4) is 22.3 Å². The molecule has 1 aromatic heterocycles. The Hall–Kier alpha value is -5.98. The van der Waals surface area contributed by atoms with Gasteiger partial charge in [-0.25, -0.2) is 4.98 Å². The van der Waals surface area contributed by atoms with E-state index in [-0.39, 0.29) is 42.8 Å². The predicted molar refractivity (Wildman–Crippen MR) is 266 cm³/mol. The van der Waals surface area contributed by atoms with Gasteiger partial charge in [0.2, 0.25) is 17.7 Å². The van der Waals surface area contributed by atoms with Gasteiger partial charge >= 0.3 is 6.18 Å². The fourth-order valence-corrected chi connectivity index (χ4v) is 9.67. The molecule has 3 heterocycles. The molecule has 0 aliphatic carbocycles. The molecule has 20 heteroatoms. The molecular weight excluding hydrogens is 960 g/mol. The first-order valence-corrected chi connectivity index (χ1v) is 24.6. The number of aliphatic hydroxyl groups is 1. The maximum absolute atomic E-state index is 13.9. The number of aryl methyl sites for hydroxylation is 1. The molecule has 3 N–H and O–H groups in total. The second-order valence-corrected chi connectivity index (χ2v) is 20.2. The molecule has 0 radical (unpaired) electrons. The van der Waals surface area contributed by atoms with Crippen LogP contribution >= 0.6 is 23.6 Å². The Morgan fingerprint density at radius 1 is 0.958 bits per heavy atom. The summed E-state index contributed by atoms with van der Waals surface area (Å²) in [5, 5.41) is 25.5. The van der Waals surface area contributed by atoms with Gasteiger partial charge in [0, 0.05) is 51.4 Å². The van der Waals surface area contributed by atoms with Crippen molar-refractivity contribution in [3.05, 3.63) is 94.6 Å². The van der Waals surface area contributed by atoms with Crippen LogP contribution in [0.25, 0.3) is 10.4 Å². The van der Waals surface area contributed by atoms with Crippen LogP contribution in [0.3, 0.4) is 0 Å². The second kappa shape index (κ2) is 23.5. The number of β-amino-alcohol motifs (C(OH)–C–C–N with tert-alkyl or cyclic N) is 1. The Bertz CT molecular complexity index is 2580. The van der Waals surface area contributed by atoms with Crippen LogP contribution in [0.2, 0.25) is 0 Å². The number of nitriles is 1. The Morgan fingerprint density at radius 3 is 2.25 bits per heavy atom. The van der Waals surface area contributed by atoms with Crippen LogP contribution < -0.4 is 25.2 Å². The number of likely N-dealkylation sites (tertiary alicyclic amines) is 1. The van der Waals surface area contributed by atoms with E-state index in [1.807, 2.05) is 52.0 Å². The van der Waals surface area contributed by atoms with E-state index in [9.17, 15) is 42.7 Å². The van der Waals surface area contributed by atoms with Gasteiger partial charge in [-0.05, 0) is 111 Å². The van der Waals surface area contributed by atoms with Crippen molar-refractivity contribution in [2.75, 3.05) is 49.4 Å². The zero-order valence-corrected chi connectivity index (χ0v) is 42.3. The van der Waals surface area contributed by atoms with Gasteiger partial charge in [0.15, 0.2) is 5.11 Å². The summed E-state index contributed by atoms with van der Waals surface area (Å²) in [6.07, 6.45) is -2.71. The number of nitrogens with one attached hydrogen (secondary N) is 2. The summed E-state index contributed by atoms with van der Waals surface area (Å²) in [6, 6.07) is 17.4. The molecular formula is C51H60F3N7O8S2. The summed E-state index contributed by atoms with van der Waals surface area (Å²) in [5.74, 6) is -1.25. The van der Waals surface area contributed by atoms with Crippen LogP contribution in [0.15, 0.2) is 72.2 Å². The number of thiazole rings is 1. The lowest BCUT2D eigenvalue weighted by atomic mass is 9.85. The summed E-state index contributed by atoms with van der Waals surface area (Å²) < 4.78 is 58.4. The second-order valence-electron chi connectivity index (χ2n) is 19.0. The Labute approximate surface area is 421 Å². The van der Waals surface area contributed by atoms with E-state index < -0.39 is 64.2 Å². The monoisotopic (exact) mass is 1020 g/mol. The number of anilines is 2. The minimum Gasteiger partial charge on any atom is -0.494 e. The van der Waals surface area contributed by atoms with Gasteiger partial charge in [-0.2, -0.15) is 18.4 Å². The van der Waals surface area contributed by atoms with Crippen molar-refractivity contribution in [2.24, 2.45) is 5.41 Å². The number of benzene rings is 3. The lowest BCUT2D eigenvalue weighted by Crippen LogP contribution is -2.58. The molecule has 380 valence electrons. The largest absolute Gasteiger partial charge is 0.494 e. The minimum atomic E-state index is -4.80. The SMILES string of the molecule is Cc1ncsc1-c1ccc(CNC(=O)[C@@H]2C[C@@H](O)CN2C(=O)C(NC(=O)COCCCCCOCCCOc2ccc(N3C(=S)N(c4ccc(C#N)c(C(F)(F)F)c4)C(=O)C3(C)C)cc2)C(C)(C)C)cc1. The van der Waals surface area contributed by atoms with Gasteiger partial charge in [-0.3, -0.25) is 24.1 Å². The summed E-state index contributed by atoms with van der Waals surface area (Å²) in [5.41, 5.74) is 1.49. The van der Waals surface area contributed by atoms with E-state index in [2.05, 4.69) is 15.6 Å². The number of carbonyl (C=O) groups is 4. The van der Waals surface area contributed by atoms with Crippen LogP contribution in [0, 0.1) is 23.7 Å². The van der Waals surface area contributed by atoms with Crippen molar-refractivity contribution >= 4 is 63.7 Å². The van der Waals surface area contributed by atoms with E-state index in [4.69, 9.17) is 26.4 Å². The molecule has 2 saturated heterocycles. The first-order chi connectivity index (χ1) is 33.6. The maximum Gasteiger partial charge on any atom is 0.417 e. The number of aliphatic hydroxyl groups excluding tert-OH is 1. The fraction of sp³-hybridized carbons (Fsp3) is 0.471. The number of alkyl halides is 3. The average Bonchev–Trinajstić information content (AvgIpc) is 3.99. The van der Waals surface area contributed by atoms with Gasteiger partial charge in [0.25, 0.3) is 5.91 Å². The molecule has 15 nitrogen and oxygen atoms in total. The molecule has 3 aromatic carbocycles. The number of rotatable bonds is 21. The summed E-state index contributed by atoms with van der Waals surface area (Å²) in [6.45, 7) is 12.3. The Balaban J connectivity index is 0.851. The van der Waals surface area contributed by atoms with E-state index in [1.165, 1.54) is 11.0 Å². The lowest BCUT2D eigenvalue weighted by molar-refractivity contribution is -0.144. The number of thiocarbonyl (C=S) groups is 1.